The van der Waals surface area contributed by atoms with Crippen molar-refractivity contribution in [1.29, 1.82) is 0 Å². The first kappa shape index (κ1) is 27.8. The van der Waals surface area contributed by atoms with E-state index < -0.39 is 0 Å². The molecule has 5 heteroatoms. The predicted octanol–water partition coefficient (Wildman–Crippen LogP) is 10.7. The molecule has 50 heavy (non-hydrogen) atoms. The maximum absolute atomic E-state index is 5.51. The zero-order valence-electron chi connectivity index (χ0n) is 28.4. The van der Waals surface area contributed by atoms with E-state index in [1.54, 1.807) is 0 Å². The lowest BCUT2D eigenvalue weighted by molar-refractivity contribution is 0.659. The first-order valence-electron chi connectivity index (χ1n) is 17.4. The fourth-order valence-corrected chi connectivity index (χ4v) is 9.11. The molecule has 0 N–H and O–H groups in total. The lowest BCUT2D eigenvalue weighted by Gasteiger charge is -2.22. The fourth-order valence-electron chi connectivity index (χ4n) is 9.11. The summed E-state index contributed by atoms with van der Waals surface area (Å²) in [7, 11) is 0. The highest BCUT2D eigenvalue weighted by atomic mass is 15.1. The van der Waals surface area contributed by atoms with Crippen LogP contribution in [-0.4, -0.2) is 24.1 Å². The second-order valence-corrected chi connectivity index (χ2v) is 14.9. The van der Waals surface area contributed by atoms with Gasteiger partial charge in [-0.2, -0.15) is 0 Å². The molecule has 0 atom stereocenters. The number of aromatic nitrogens is 5. The van der Waals surface area contributed by atoms with Gasteiger partial charge in [-0.1, -0.05) is 107 Å². The Kier molecular flexibility index (Phi) is 5.20. The second kappa shape index (κ2) is 9.33. The Bertz CT molecular complexity index is 2740. The Morgan fingerprint density at radius 3 is 1.60 bits per heavy atom. The van der Waals surface area contributed by atoms with Crippen molar-refractivity contribution in [3.63, 3.8) is 0 Å². The van der Waals surface area contributed by atoms with Crippen molar-refractivity contribution < 1.29 is 0 Å². The number of rotatable bonds is 2. The molecule has 0 aliphatic heterocycles. The molecule has 0 unspecified atom stereocenters. The minimum absolute atomic E-state index is 0.108. The number of nitrogens with zero attached hydrogens (tertiary/aromatic N) is 5. The molecule has 0 fully saturated rings. The maximum atomic E-state index is 5.51. The number of fused-ring (bicyclic) bond motifs is 12. The van der Waals surface area contributed by atoms with Crippen LogP contribution < -0.4 is 0 Å². The monoisotopic (exact) mass is 643 g/mol. The van der Waals surface area contributed by atoms with E-state index >= 15 is 0 Å². The topological polar surface area (TPSA) is 48.5 Å². The van der Waals surface area contributed by atoms with E-state index in [-0.39, 0.29) is 10.8 Å². The molecule has 5 nitrogen and oxygen atoms in total. The van der Waals surface area contributed by atoms with Gasteiger partial charge in [-0.3, -0.25) is 14.1 Å². The van der Waals surface area contributed by atoms with E-state index in [1.165, 1.54) is 44.5 Å². The van der Waals surface area contributed by atoms with Gasteiger partial charge in [-0.05, 0) is 87.0 Å². The quantitative estimate of drug-likeness (QED) is 0.188. The smallest absolute Gasteiger partial charge is 0.166 e. The molecule has 0 saturated carbocycles. The van der Waals surface area contributed by atoms with Crippen molar-refractivity contribution in [2.75, 3.05) is 0 Å². The van der Waals surface area contributed by atoms with Crippen LogP contribution in [0.4, 0.5) is 0 Å². The largest absolute Gasteiger partial charge is 0.293 e. The standard InChI is InChI=1S/C45H33N5/c1-44(2)33-15-8-5-12-28(33)30-21-19-26(24-35(30)44)49-37-17-10-7-14-32(37)39-42(49)48-41-40-38(18-11-23-46-40)50(43(41)47-39)27-20-22-31-29-13-6-9-16-34(29)45(3,4)36(31)25-27/h5-25H,1-4H3. The molecular weight excluding hydrogens is 611 g/mol. The zero-order chi connectivity index (χ0) is 33.5. The third-order valence-corrected chi connectivity index (χ3v) is 11.6. The zero-order valence-corrected chi connectivity index (χ0v) is 28.4. The summed E-state index contributed by atoms with van der Waals surface area (Å²) in [5.41, 5.74) is 18.8. The summed E-state index contributed by atoms with van der Waals surface area (Å²) >= 11 is 0. The van der Waals surface area contributed by atoms with Gasteiger partial charge in [-0.15, -0.1) is 0 Å². The van der Waals surface area contributed by atoms with E-state index in [4.69, 9.17) is 15.0 Å². The summed E-state index contributed by atoms with van der Waals surface area (Å²) in [5, 5.41) is 1.08. The molecule has 9 aromatic rings. The van der Waals surface area contributed by atoms with Crippen LogP contribution in [-0.2, 0) is 10.8 Å². The molecule has 2 aliphatic rings. The molecule has 0 saturated heterocycles. The molecule has 5 aromatic carbocycles. The van der Waals surface area contributed by atoms with Gasteiger partial charge in [0.05, 0.1) is 11.0 Å². The van der Waals surface area contributed by atoms with Gasteiger partial charge in [0.15, 0.2) is 11.3 Å². The van der Waals surface area contributed by atoms with E-state index in [9.17, 15) is 0 Å². The highest BCUT2D eigenvalue weighted by molar-refractivity contribution is 6.11. The molecule has 0 amide bonds. The number of hydrogen-bond acceptors (Lipinski definition) is 3. The number of hydrogen-bond donors (Lipinski definition) is 0. The molecule has 4 aromatic heterocycles. The van der Waals surface area contributed by atoms with E-state index in [0.717, 1.165) is 55.6 Å². The predicted molar refractivity (Wildman–Crippen MR) is 204 cm³/mol. The maximum Gasteiger partial charge on any atom is 0.166 e. The van der Waals surface area contributed by atoms with Gasteiger partial charge in [0, 0.05) is 33.8 Å². The van der Waals surface area contributed by atoms with Crippen LogP contribution in [0.5, 0.6) is 0 Å². The summed E-state index contributed by atoms with van der Waals surface area (Å²) in [5.74, 6) is 0. The number of pyridine rings is 1. The van der Waals surface area contributed by atoms with E-state index in [1.807, 2.05) is 12.3 Å². The lowest BCUT2D eigenvalue weighted by atomic mass is 9.82. The van der Waals surface area contributed by atoms with Crippen molar-refractivity contribution in [2.45, 2.75) is 38.5 Å². The van der Waals surface area contributed by atoms with Gasteiger partial charge in [0.1, 0.15) is 16.6 Å². The van der Waals surface area contributed by atoms with Gasteiger partial charge in [0.2, 0.25) is 0 Å². The van der Waals surface area contributed by atoms with Crippen LogP contribution in [0.3, 0.4) is 0 Å². The van der Waals surface area contributed by atoms with Gasteiger partial charge < -0.3 is 0 Å². The highest BCUT2D eigenvalue weighted by Crippen LogP contribution is 2.51. The van der Waals surface area contributed by atoms with Crippen molar-refractivity contribution in [1.82, 2.24) is 24.1 Å². The number of para-hydroxylation sites is 1. The summed E-state index contributed by atoms with van der Waals surface area (Å²) in [6, 6.07) is 44.0. The molecule has 4 heterocycles. The summed E-state index contributed by atoms with van der Waals surface area (Å²) in [6.45, 7) is 9.31. The molecule has 2 aliphatic carbocycles. The first-order chi connectivity index (χ1) is 24.3. The Hall–Kier alpha value is -6.07. The SMILES string of the molecule is CC1(C)c2ccccc2-c2ccc(-n3c4ccccc4c4nc5c(nc43)c3ncccc3n5-c3ccc4c(c3)C(C)(C)c3ccccc3-4)cc21. The minimum atomic E-state index is -0.114. The second-order valence-electron chi connectivity index (χ2n) is 14.9. The number of benzene rings is 5. The Morgan fingerprint density at radius 2 is 0.940 bits per heavy atom. The van der Waals surface area contributed by atoms with Crippen LogP contribution in [0.1, 0.15) is 49.9 Å². The van der Waals surface area contributed by atoms with Crippen molar-refractivity contribution in [2.24, 2.45) is 0 Å². The van der Waals surface area contributed by atoms with E-state index in [2.05, 4.69) is 152 Å². The fraction of sp³-hybridized carbons (Fsp3) is 0.133. The summed E-state index contributed by atoms with van der Waals surface area (Å²) < 4.78 is 4.54. The van der Waals surface area contributed by atoms with Gasteiger partial charge in [0.25, 0.3) is 0 Å². The van der Waals surface area contributed by atoms with Gasteiger partial charge in [-0.25, -0.2) is 9.97 Å². The first-order valence-corrected chi connectivity index (χ1v) is 17.4. The van der Waals surface area contributed by atoms with Crippen LogP contribution in [0.15, 0.2) is 128 Å². The van der Waals surface area contributed by atoms with Crippen LogP contribution in [0.25, 0.3) is 77.9 Å². The molecule has 0 radical (unpaired) electrons. The average molecular weight is 644 g/mol. The minimum Gasteiger partial charge on any atom is -0.293 e. The molecule has 0 spiro atoms. The van der Waals surface area contributed by atoms with E-state index in [0.29, 0.717) is 0 Å². The lowest BCUT2D eigenvalue weighted by Crippen LogP contribution is -2.15. The highest BCUT2D eigenvalue weighted by Gasteiger charge is 2.37. The van der Waals surface area contributed by atoms with Crippen molar-refractivity contribution >= 4 is 44.3 Å². The van der Waals surface area contributed by atoms with Crippen LogP contribution in [0, 0.1) is 0 Å². The van der Waals surface area contributed by atoms with Gasteiger partial charge >= 0.3 is 0 Å². The van der Waals surface area contributed by atoms with Crippen molar-refractivity contribution in [3.8, 4) is 33.6 Å². The third kappa shape index (κ3) is 3.39. The normalized spacial score (nSPS) is 15.1. The molecule has 238 valence electrons. The summed E-state index contributed by atoms with van der Waals surface area (Å²) in [6.07, 6.45) is 1.86. The third-order valence-electron chi connectivity index (χ3n) is 11.6. The Labute approximate surface area is 289 Å². The van der Waals surface area contributed by atoms with Crippen LogP contribution in [0.2, 0.25) is 0 Å². The Balaban J connectivity index is 1.18. The molecular formula is C45H33N5. The molecule has 0 bridgehead atoms. The Morgan fingerprint density at radius 1 is 0.440 bits per heavy atom. The van der Waals surface area contributed by atoms with Crippen LogP contribution >= 0.6 is 0 Å². The summed E-state index contributed by atoms with van der Waals surface area (Å²) in [4.78, 5) is 15.9. The van der Waals surface area contributed by atoms with Crippen molar-refractivity contribution in [3.05, 3.63) is 150 Å². The average Bonchev–Trinajstić information content (AvgIpc) is 3.79. The molecule has 11 rings (SSSR count).